The minimum absolute atomic E-state index is 0.249. The van der Waals surface area contributed by atoms with Gasteiger partial charge in [0.15, 0.2) is 0 Å². The lowest BCUT2D eigenvalue weighted by Gasteiger charge is -2.30. The van der Waals surface area contributed by atoms with Gasteiger partial charge in [-0.15, -0.1) is 0 Å². The van der Waals surface area contributed by atoms with Crippen molar-refractivity contribution in [2.24, 2.45) is 11.7 Å². The predicted molar refractivity (Wildman–Crippen MR) is 69.2 cm³/mol. The summed E-state index contributed by atoms with van der Waals surface area (Å²) in [5, 5.41) is 0. The summed E-state index contributed by atoms with van der Waals surface area (Å²) in [7, 11) is -4.02. The van der Waals surface area contributed by atoms with Crippen molar-refractivity contribution in [1.29, 1.82) is 0 Å². The van der Waals surface area contributed by atoms with E-state index < -0.39 is 27.3 Å². The number of hydrogen-bond donors (Lipinski definition) is 2. The number of primary amides is 1. The molecule has 1 atom stereocenters. The molecule has 3 N–H and O–H groups in total. The van der Waals surface area contributed by atoms with Gasteiger partial charge in [0.1, 0.15) is 11.4 Å². The molecule has 0 fully saturated rings. The standard InChI is InChI=1S/C12H17FN2O3S/c1-8(2)12(3,11(14)16)15-19(17,18)10-6-4-5-9(13)7-10/h4-8,15H,1-3H3,(H2,14,16). The maximum absolute atomic E-state index is 13.1. The van der Waals surface area contributed by atoms with Crippen molar-refractivity contribution < 1.29 is 17.6 Å². The molecule has 0 heterocycles. The second kappa shape index (κ2) is 5.26. The maximum Gasteiger partial charge on any atom is 0.241 e. The number of carbonyl (C=O) groups excluding carboxylic acids is 1. The predicted octanol–water partition coefficient (Wildman–Crippen LogP) is 1.00. The Morgan fingerprint density at radius 1 is 1.42 bits per heavy atom. The van der Waals surface area contributed by atoms with Crippen LogP contribution in [0.25, 0.3) is 0 Å². The Labute approximate surface area is 112 Å². The molecule has 1 unspecified atom stereocenters. The molecule has 1 rings (SSSR count). The third-order valence-electron chi connectivity index (χ3n) is 3.12. The van der Waals surface area contributed by atoms with E-state index in [1.807, 2.05) is 0 Å². The highest BCUT2D eigenvalue weighted by Crippen LogP contribution is 2.20. The summed E-state index contributed by atoms with van der Waals surface area (Å²) in [6.07, 6.45) is 0. The summed E-state index contributed by atoms with van der Waals surface area (Å²) in [4.78, 5) is 11.2. The van der Waals surface area contributed by atoms with Crippen molar-refractivity contribution in [3.63, 3.8) is 0 Å². The van der Waals surface area contributed by atoms with Crippen LogP contribution in [0, 0.1) is 11.7 Å². The van der Waals surface area contributed by atoms with Crippen LogP contribution in [0.15, 0.2) is 29.2 Å². The number of nitrogens with one attached hydrogen (secondary N) is 1. The number of nitrogens with two attached hydrogens (primary N) is 1. The van der Waals surface area contributed by atoms with Gasteiger partial charge in [-0.05, 0) is 31.0 Å². The molecule has 0 aromatic heterocycles. The van der Waals surface area contributed by atoms with Crippen LogP contribution in [0.1, 0.15) is 20.8 Å². The van der Waals surface area contributed by atoms with E-state index in [1.54, 1.807) is 13.8 Å². The first-order valence-electron chi connectivity index (χ1n) is 5.69. The van der Waals surface area contributed by atoms with Gasteiger partial charge in [0.2, 0.25) is 15.9 Å². The second-order valence-electron chi connectivity index (χ2n) is 4.78. The molecule has 0 spiro atoms. The van der Waals surface area contributed by atoms with Crippen LogP contribution in [-0.2, 0) is 14.8 Å². The third-order valence-corrected chi connectivity index (χ3v) is 4.69. The zero-order valence-corrected chi connectivity index (χ0v) is 11.8. The lowest BCUT2D eigenvalue weighted by Crippen LogP contribution is -2.58. The Balaban J connectivity index is 3.19. The molecule has 0 aliphatic carbocycles. The fraction of sp³-hybridized carbons (Fsp3) is 0.417. The van der Waals surface area contributed by atoms with E-state index in [-0.39, 0.29) is 10.8 Å². The van der Waals surface area contributed by atoms with Crippen LogP contribution in [-0.4, -0.2) is 19.9 Å². The summed E-state index contributed by atoms with van der Waals surface area (Å²) in [5.74, 6) is -1.82. The quantitative estimate of drug-likeness (QED) is 0.847. The fourth-order valence-corrected chi connectivity index (χ4v) is 2.96. The molecule has 0 saturated heterocycles. The van der Waals surface area contributed by atoms with Crippen LogP contribution >= 0.6 is 0 Å². The van der Waals surface area contributed by atoms with Crippen LogP contribution in [0.5, 0.6) is 0 Å². The van der Waals surface area contributed by atoms with Gasteiger partial charge in [-0.25, -0.2) is 12.8 Å². The fourth-order valence-electron chi connectivity index (χ4n) is 1.42. The Bertz CT molecular complexity index is 586. The Morgan fingerprint density at radius 2 is 2.00 bits per heavy atom. The molecule has 19 heavy (non-hydrogen) atoms. The van der Waals surface area contributed by atoms with Crippen molar-refractivity contribution in [2.45, 2.75) is 31.2 Å². The number of sulfonamides is 1. The summed E-state index contributed by atoms with van der Waals surface area (Å²) in [5.41, 5.74) is 3.81. The van der Waals surface area contributed by atoms with Gasteiger partial charge in [0, 0.05) is 0 Å². The van der Waals surface area contributed by atoms with E-state index in [2.05, 4.69) is 4.72 Å². The molecule has 0 saturated carbocycles. The number of carbonyl (C=O) groups is 1. The summed E-state index contributed by atoms with van der Waals surface area (Å²) in [6, 6.07) is 4.53. The van der Waals surface area contributed by atoms with Crippen LogP contribution in [0.3, 0.4) is 0 Å². The summed E-state index contributed by atoms with van der Waals surface area (Å²) < 4.78 is 39.6. The Morgan fingerprint density at radius 3 is 2.42 bits per heavy atom. The Kier molecular flexibility index (Phi) is 4.32. The normalized spacial score (nSPS) is 15.2. The third kappa shape index (κ3) is 3.30. The average molecular weight is 288 g/mol. The van der Waals surface area contributed by atoms with Crippen LogP contribution < -0.4 is 10.5 Å². The molecule has 0 aliphatic heterocycles. The molecule has 1 amide bonds. The van der Waals surface area contributed by atoms with Crippen molar-refractivity contribution in [1.82, 2.24) is 4.72 Å². The molecular formula is C12H17FN2O3S. The molecule has 0 bridgehead atoms. The highest BCUT2D eigenvalue weighted by molar-refractivity contribution is 7.89. The van der Waals surface area contributed by atoms with E-state index in [9.17, 15) is 17.6 Å². The largest absolute Gasteiger partial charge is 0.368 e. The van der Waals surface area contributed by atoms with Gasteiger partial charge in [-0.3, -0.25) is 4.79 Å². The maximum atomic E-state index is 13.1. The zero-order valence-electron chi connectivity index (χ0n) is 11.0. The zero-order chi connectivity index (χ0) is 14.8. The lowest BCUT2D eigenvalue weighted by molar-refractivity contribution is -0.124. The second-order valence-corrected chi connectivity index (χ2v) is 6.47. The van der Waals surface area contributed by atoms with Crippen LogP contribution in [0.2, 0.25) is 0 Å². The monoisotopic (exact) mass is 288 g/mol. The molecular weight excluding hydrogens is 271 g/mol. The number of rotatable bonds is 5. The van der Waals surface area contributed by atoms with Gasteiger partial charge >= 0.3 is 0 Å². The van der Waals surface area contributed by atoms with Gasteiger partial charge in [-0.1, -0.05) is 19.9 Å². The minimum Gasteiger partial charge on any atom is -0.368 e. The first-order valence-corrected chi connectivity index (χ1v) is 7.17. The number of benzene rings is 1. The first kappa shape index (κ1) is 15.6. The molecule has 5 nitrogen and oxygen atoms in total. The van der Waals surface area contributed by atoms with Crippen LogP contribution in [0.4, 0.5) is 4.39 Å². The minimum atomic E-state index is -4.02. The van der Waals surface area contributed by atoms with Crippen molar-refractivity contribution in [3.8, 4) is 0 Å². The van der Waals surface area contributed by atoms with Crippen molar-refractivity contribution >= 4 is 15.9 Å². The Hall–Kier alpha value is -1.47. The molecule has 1 aromatic carbocycles. The molecule has 106 valence electrons. The average Bonchev–Trinajstić information content (AvgIpc) is 2.27. The van der Waals surface area contributed by atoms with E-state index in [1.165, 1.54) is 19.1 Å². The molecule has 7 heteroatoms. The highest BCUT2D eigenvalue weighted by Gasteiger charge is 2.39. The molecule has 0 aliphatic rings. The van der Waals surface area contributed by atoms with Gasteiger partial charge in [0.05, 0.1) is 4.90 Å². The number of amides is 1. The smallest absolute Gasteiger partial charge is 0.241 e. The van der Waals surface area contributed by atoms with Gasteiger partial charge in [0.25, 0.3) is 0 Å². The lowest BCUT2D eigenvalue weighted by atomic mass is 9.89. The SMILES string of the molecule is CC(C)C(C)(NS(=O)(=O)c1cccc(F)c1)C(N)=O. The van der Waals surface area contributed by atoms with E-state index in [0.717, 1.165) is 12.1 Å². The van der Waals surface area contributed by atoms with Crippen molar-refractivity contribution in [3.05, 3.63) is 30.1 Å². The summed E-state index contributed by atoms with van der Waals surface area (Å²) >= 11 is 0. The number of halogens is 1. The van der Waals surface area contributed by atoms with Gasteiger partial charge < -0.3 is 5.73 Å². The number of hydrogen-bond acceptors (Lipinski definition) is 3. The molecule has 0 radical (unpaired) electrons. The van der Waals surface area contributed by atoms with Gasteiger partial charge in [-0.2, -0.15) is 4.72 Å². The van der Waals surface area contributed by atoms with E-state index in [4.69, 9.17) is 5.73 Å². The summed E-state index contributed by atoms with van der Waals surface area (Å²) in [6.45, 7) is 4.73. The highest BCUT2D eigenvalue weighted by atomic mass is 32.2. The first-order chi connectivity index (χ1) is 8.59. The van der Waals surface area contributed by atoms with E-state index in [0.29, 0.717) is 0 Å². The van der Waals surface area contributed by atoms with E-state index >= 15 is 0 Å². The van der Waals surface area contributed by atoms with Crippen molar-refractivity contribution in [2.75, 3.05) is 0 Å². The topological polar surface area (TPSA) is 89.3 Å². The molecule has 1 aromatic rings.